The summed E-state index contributed by atoms with van der Waals surface area (Å²) in [6.07, 6.45) is 8.99. The van der Waals surface area contributed by atoms with Crippen molar-refractivity contribution in [2.45, 2.75) is 38.8 Å². The van der Waals surface area contributed by atoms with Crippen molar-refractivity contribution in [2.24, 2.45) is 7.05 Å². The Morgan fingerprint density at radius 2 is 2.04 bits per heavy atom. The van der Waals surface area contributed by atoms with E-state index < -0.39 is 0 Å². The number of aryl methyl sites for hydroxylation is 1. The van der Waals surface area contributed by atoms with Gasteiger partial charge in [0.1, 0.15) is 12.4 Å². The topological polar surface area (TPSA) is 86.7 Å². The summed E-state index contributed by atoms with van der Waals surface area (Å²) >= 11 is 0. The van der Waals surface area contributed by atoms with Crippen LogP contribution in [0.3, 0.4) is 0 Å². The smallest absolute Gasteiger partial charge is 0.244 e. The van der Waals surface area contributed by atoms with Gasteiger partial charge >= 0.3 is 0 Å². The molecule has 1 aliphatic heterocycles. The summed E-state index contributed by atoms with van der Waals surface area (Å²) in [5.41, 5.74) is 1.00. The molecule has 3 aromatic heterocycles. The van der Waals surface area contributed by atoms with Crippen LogP contribution in [0.25, 0.3) is 0 Å². The lowest BCUT2D eigenvalue weighted by Gasteiger charge is -2.31. The first-order valence-electron chi connectivity index (χ1n) is 9.22. The number of imidazole rings is 1. The number of amides is 1. The van der Waals surface area contributed by atoms with Gasteiger partial charge in [-0.15, -0.1) is 10.2 Å². The Kier molecular flexibility index (Phi) is 4.74. The summed E-state index contributed by atoms with van der Waals surface area (Å²) in [6, 6.07) is 1.91. The minimum Gasteiger partial charge on any atom is -0.341 e. The summed E-state index contributed by atoms with van der Waals surface area (Å²) in [4.78, 5) is 18.5. The normalized spacial score (nSPS) is 15.4. The Hall–Kier alpha value is -2.97. The van der Waals surface area contributed by atoms with Crippen LogP contribution in [0.2, 0.25) is 0 Å². The van der Waals surface area contributed by atoms with E-state index in [-0.39, 0.29) is 5.91 Å². The quantitative estimate of drug-likeness (QED) is 0.670. The van der Waals surface area contributed by atoms with E-state index in [2.05, 4.69) is 24.8 Å². The van der Waals surface area contributed by atoms with E-state index >= 15 is 0 Å². The Labute approximate surface area is 157 Å². The van der Waals surface area contributed by atoms with Crippen LogP contribution in [-0.4, -0.2) is 58.0 Å². The zero-order valence-electron chi connectivity index (χ0n) is 15.7. The van der Waals surface area contributed by atoms with Crippen LogP contribution in [-0.2, 0) is 24.9 Å². The molecule has 1 saturated heterocycles. The Morgan fingerprint density at radius 1 is 1.22 bits per heavy atom. The van der Waals surface area contributed by atoms with Crippen LogP contribution >= 0.6 is 0 Å². The van der Waals surface area contributed by atoms with E-state index in [0.717, 1.165) is 43.3 Å². The van der Waals surface area contributed by atoms with Gasteiger partial charge < -0.3 is 14.0 Å². The summed E-state index contributed by atoms with van der Waals surface area (Å²) < 4.78 is 5.81. The van der Waals surface area contributed by atoms with Gasteiger partial charge in [0.2, 0.25) is 5.91 Å². The summed E-state index contributed by atoms with van der Waals surface area (Å²) in [5.74, 6) is 2.37. The van der Waals surface area contributed by atoms with E-state index in [9.17, 15) is 4.79 Å². The Balaban J connectivity index is 1.36. The summed E-state index contributed by atoms with van der Waals surface area (Å²) in [6.45, 7) is 4.41. The highest BCUT2D eigenvalue weighted by Gasteiger charge is 2.27. The molecule has 9 nitrogen and oxygen atoms in total. The molecular weight excluding hydrogens is 344 g/mol. The Morgan fingerprint density at radius 3 is 2.70 bits per heavy atom. The van der Waals surface area contributed by atoms with Crippen molar-refractivity contribution < 1.29 is 4.79 Å². The number of carbonyl (C=O) groups excluding carboxylic acids is 1. The number of nitrogens with zero attached hydrogens (tertiary/aromatic N) is 8. The van der Waals surface area contributed by atoms with E-state index in [1.165, 1.54) is 0 Å². The monoisotopic (exact) mass is 368 g/mol. The molecule has 4 rings (SSSR count). The second kappa shape index (κ2) is 7.34. The first-order chi connectivity index (χ1) is 13.1. The van der Waals surface area contributed by atoms with Gasteiger partial charge in [0.05, 0.1) is 12.9 Å². The Bertz CT molecular complexity index is 902. The van der Waals surface area contributed by atoms with Crippen LogP contribution in [0.15, 0.2) is 31.0 Å². The standard InChI is InChI=1S/C18H24N8O/c1-14-3-6-20-26(14)12-17(27)25-8-4-15(5-9-25)18-22-21-16(23(18)2)11-24-10-7-19-13-24/h3,6-7,10,13,15H,4-5,8-9,11-12H2,1-2H3. The second-order valence-electron chi connectivity index (χ2n) is 7.05. The van der Waals surface area contributed by atoms with Gasteiger partial charge in [-0.3, -0.25) is 9.48 Å². The van der Waals surface area contributed by atoms with Crippen molar-refractivity contribution in [1.29, 1.82) is 0 Å². The fraction of sp³-hybridized carbons (Fsp3) is 0.500. The summed E-state index contributed by atoms with van der Waals surface area (Å²) in [5, 5.41) is 13.0. The minimum absolute atomic E-state index is 0.124. The van der Waals surface area contributed by atoms with Crippen LogP contribution in [0.4, 0.5) is 0 Å². The predicted octanol–water partition coefficient (Wildman–Crippen LogP) is 0.971. The molecule has 0 unspecified atom stereocenters. The minimum atomic E-state index is 0.124. The molecule has 0 atom stereocenters. The highest BCUT2D eigenvalue weighted by molar-refractivity contribution is 5.76. The maximum Gasteiger partial charge on any atom is 0.244 e. The molecule has 0 saturated carbocycles. The molecular formula is C18H24N8O. The second-order valence-corrected chi connectivity index (χ2v) is 7.05. The van der Waals surface area contributed by atoms with Crippen molar-refractivity contribution in [3.8, 4) is 0 Å². The molecule has 27 heavy (non-hydrogen) atoms. The lowest BCUT2D eigenvalue weighted by atomic mass is 9.96. The van der Waals surface area contributed by atoms with Crippen molar-refractivity contribution in [3.05, 3.63) is 48.3 Å². The average molecular weight is 368 g/mol. The van der Waals surface area contributed by atoms with Gasteiger partial charge in [-0.1, -0.05) is 0 Å². The number of hydrogen-bond donors (Lipinski definition) is 0. The van der Waals surface area contributed by atoms with Crippen molar-refractivity contribution in [3.63, 3.8) is 0 Å². The summed E-state index contributed by atoms with van der Waals surface area (Å²) in [7, 11) is 2.01. The molecule has 0 spiro atoms. The molecule has 9 heteroatoms. The fourth-order valence-corrected chi connectivity index (χ4v) is 3.59. The number of piperidine rings is 1. The number of aromatic nitrogens is 7. The maximum absolute atomic E-state index is 12.5. The number of hydrogen-bond acceptors (Lipinski definition) is 5. The van der Waals surface area contributed by atoms with Crippen LogP contribution in [0, 0.1) is 6.92 Å². The maximum atomic E-state index is 12.5. The van der Waals surface area contributed by atoms with Crippen LogP contribution < -0.4 is 0 Å². The van der Waals surface area contributed by atoms with Gasteiger partial charge in [0.15, 0.2) is 5.82 Å². The average Bonchev–Trinajstić information content (AvgIpc) is 3.40. The highest BCUT2D eigenvalue weighted by Crippen LogP contribution is 2.27. The van der Waals surface area contributed by atoms with Gasteiger partial charge in [0.25, 0.3) is 0 Å². The first-order valence-corrected chi connectivity index (χ1v) is 9.22. The molecule has 0 aromatic carbocycles. The number of rotatable bonds is 5. The van der Waals surface area contributed by atoms with E-state index in [1.807, 2.05) is 35.7 Å². The van der Waals surface area contributed by atoms with Crippen LogP contribution in [0.5, 0.6) is 0 Å². The fourth-order valence-electron chi connectivity index (χ4n) is 3.59. The molecule has 0 N–H and O–H groups in total. The molecule has 0 aliphatic carbocycles. The zero-order chi connectivity index (χ0) is 18.8. The van der Waals surface area contributed by atoms with E-state index in [1.54, 1.807) is 23.4 Å². The van der Waals surface area contributed by atoms with Crippen molar-refractivity contribution in [1.82, 2.24) is 39.0 Å². The third kappa shape index (κ3) is 3.62. The van der Waals surface area contributed by atoms with Crippen LogP contribution in [0.1, 0.15) is 36.1 Å². The molecule has 1 amide bonds. The van der Waals surface area contributed by atoms with Gasteiger partial charge in [-0.2, -0.15) is 5.10 Å². The van der Waals surface area contributed by atoms with Gasteiger partial charge in [0, 0.05) is 50.3 Å². The van der Waals surface area contributed by atoms with E-state index in [4.69, 9.17) is 0 Å². The lowest BCUT2D eigenvalue weighted by molar-refractivity contribution is -0.133. The molecule has 0 radical (unpaired) electrons. The number of carbonyl (C=O) groups is 1. The molecule has 1 aliphatic rings. The third-order valence-electron chi connectivity index (χ3n) is 5.31. The number of likely N-dealkylation sites (tertiary alicyclic amines) is 1. The lowest BCUT2D eigenvalue weighted by Crippen LogP contribution is -2.40. The van der Waals surface area contributed by atoms with E-state index in [0.29, 0.717) is 19.0 Å². The molecule has 4 heterocycles. The van der Waals surface area contributed by atoms with Gasteiger partial charge in [-0.05, 0) is 25.8 Å². The predicted molar refractivity (Wildman–Crippen MR) is 97.9 cm³/mol. The van der Waals surface area contributed by atoms with Crippen molar-refractivity contribution >= 4 is 5.91 Å². The first kappa shape index (κ1) is 17.4. The molecule has 142 valence electrons. The largest absolute Gasteiger partial charge is 0.341 e. The highest BCUT2D eigenvalue weighted by atomic mass is 16.2. The van der Waals surface area contributed by atoms with Crippen molar-refractivity contribution in [2.75, 3.05) is 13.1 Å². The van der Waals surface area contributed by atoms with Gasteiger partial charge in [-0.25, -0.2) is 4.98 Å². The molecule has 3 aromatic rings. The third-order valence-corrected chi connectivity index (χ3v) is 5.31. The molecule has 1 fully saturated rings. The SMILES string of the molecule is Cc1ccnn1CC(=O)N1CCC(c2nnc(Cn3ccnc3)n2C)CC1. The molecule has 0 bridgehead atoms. The zero-order valence-corrected chi connectivity index (χ0v) is 15.7.